The van der Waals surface area contributed by atoms with Gasteiger partial charge in [-0.25, -0.2) is 4.39 Å². The highest BCUT2D eigenvalue weighted by Gasteiger charge is 2.26. The molecule has 2 nitrogen and oxygen atoms in total. The van der Waals surface area contributed by atoms with E-state index in [4.69, 9.17) is 5.73 Å². The topological polar surface area (TPSA) is 38.9 Å². The molecular formula is C17H21FN2. The third kappa shape index (κ3) is 3.23. The Morgan fingerprint density at radius 3 is 2.45 bits per heavy atom. The minimum absolute atomic E-state index is 0.157. The molecule has 0 amide bonds. The van der Waals surface area contributed by atoms with E-state index in [1.807, 2.05) is 18.2 Å². The lowest BCUT2D eigenvalue weighted by Crippen LogP contribution is -2.25. The largest absolute Gasteiger partial charge is 0.323 e. The Kier molecular flexibility index (Phi) is 4.85. The molecule has 20 heavy (non-hydrogen) atoms. The second-order valence-electron chi connectivity index (χ2n) is 5.28. The predicted octanol–water partition coefficient (Wildman–Crippen LogP) is 4.05. The van der Waals surface area contributed by atoms with E-state index in [-0.39, 0.29) is 17.8 Å². The van der Waals surface area contributed by atoms with Crippen LogP contribution >= 0.6 is 0 Å². The normalized spacial score (nSPS) is 15.6. The smallest absolute Gasteiger partial charge is 0.141 e. The first-order chi connectivity index (χ1) is 9.63. The highest BCUT2D eigenvalue weighted by atomic mass is 19.1. The van der Waals surface area contributed by atoms with E-state index in [9.17, 15) is 4.39 Å². The first kappa shape index (κ1) is 14.7. The number of aromatic nitrogens is 1. The van der Waals surface area contributed by atoms with Gasteiger partial charge in [-0.05, 0) is 23.1 Å². The first-order valence-electron chi connectivity index (χ1n) is 7.04. The number of hydrogen-bond acceptors (Lipinski definition) is 2. The molecule has 0 saturated heterocycles. The number of benzene rings is 1. The monoisotopic (exact) mass is 272 g/mol. The molecule has 2 aromatic rings. The lowest BCUT2D eigenvalue weighted by molar-refractivity contribution is 0.386. The lowest BCUT2D eigenvalue weighted by Gasteiger charge is -2.29. The molecule has 2 N–H and O–H groups in total. The van der Waals surface area contributed by atoms with Gasteiger partial charge in [-0.2, -0.15) is 0 Å². The molecule has 3 unspecified atom stereocenters. The number of rotatable bonds is 5. The molecule has 3 atom stereocenters. The molecule has 1 heterocycles. The van der Waals surface area contributed by atoms with Gasteiger partial charge in [-0.1, -0.05) is 50.6 Å². The van der Waals surface area contributed by atoms with Crippen LogP contribution in [-0.2, 0) is 0 Å². The molecule has 3 heteroatoms. The Bertz CT molecular complexity index is 542. The van der Waals surface area contributed by atoms with Gasteiger partial charge in [0.2, 0.25) is 0 Å². The standard InChI is InChI=1S/C17H21FN2/c1-3-12(2)16(13-7-5-4-6-8-13)17(19)14-9-15(18)11-20-10-14/h4-12,16-17H,3,19H2,1-2H3. The van der Waals surface area contributed by atoms with Gasteiger partial charge in [0.25, 0.3) is 0 Å². The van der Waals surface area contributed by atoms with Crippen LogP contribution in [0, 0.1) is 11.7 Å². The molecule has 0 spiro atoms. The van der Waals surface area contributed by atoms with Crippen molar-refractivity contribution in [2.75, 3.05) is 0 Å². The maximum atomic E-state index is 13.4. The lowest BCUT2D eigenvalue weighted by atomic mass is 9.78. The Hall–Kier alpha value is -1.74. The molecule has 0 aliphatic carbocycles. The summed E-state index contributed by atoms with van der Waals surface area (Å²) >= 11 is 0. The summed E-state index contributed by atoms with van der Waals surface area (Å²) < 4.78 is 13.4. The zero-order valence-corrected chi connectivity index (χ0v) is 12.0. The van der Waals surface area contributed by atoms with E-state index >= 15 is 0 Å². The van der Waals surface area contributed by atoms with Gasteiger partial charge in [0.05, 0.1) is 6.20 Å². The average molecular weight is 272 g/mol. The minimum Gasteiger partial charge on any atom is -0.323 e. The highest BCUT2D eigenvalue weighted by Crippen LogP contribution is 2.36. The van der Waals surface area contributed by atoms with E-state index in [1.54, 1.807) is 6.20 Å². The van der Waals surface area contributed by atoms with E-state index in [2.05, 4.69) is 31.0 Å². The molecule has 0 fully saturated rings. The summed E-state index contributed by atoms with van der Waals surface area (Å²) in [7, 11) is 0. The van der Waals surface area contributed by atoms with Crippen molar-refractivity contribution in [1.82, 2.24) is 4.98 Å². The molecule has 1 aromatic carbocycles. The number of halogens is 1. The average Bonchev–Trinajstić information content (AvgIpc) is 2.48. The molecule has 0 saturated carbocycles. The summed E-state index contributed by atoms with van der Waals surface area (Å²) in [6.45, 7) is 4.33. The molecule has 2 rings (SSSR count). The molecule has 106 valence electrons. The van der Waals surface area contributed by atoms with Crippen molar-refractivity contribution in [3.8, 4) is 0 Å². The van der Waals surface area contributed by atoms with Gasteiger partial charge in [-0.15, -0.1) is 0 Å². The molecule has 0 aliphatic heterocycles. The molecule has 0 radical (unpaired) electrons. The second-order valence-corrected chi connectivity index (χ2v) is 5.28. The Balaban J connectivity index is 2.36. The SMILES string of the molecule is CCC(C)C(c1ccccc1)C(N)c1cncc(F)c1. The molecule has 0 bridgehead atoms. The van der Waals surface area contributed by atoms with Crippen molar-refractivity contribution in [3.05, 3.63) is 65.7 Å². The molecule has 1 aromatic heterocycles. The number of pyridine rings is 1. The van der Waals surface area contributed by atoms with Crippen LogP contribution in [0.1, 0.15) is 43.4 Å². The number of hydrogen-bond donors (Lipinski definition) is 1. The predicted molar refractivity (Wildman–Crippen MR) is 79.8 cm³/mol. The van der Waals surface area contributed by atoms with Gasteiger partial charge >= 0.3 is 0 Å². The maximum absolute atomic E-state index is 13.4. The van der Waals surface area contributed by atoms with Crippen molar-refractivity contribution in [2.24, 2.45) is 11.7 Å². The molecule has 0 aliphatic rings. The minimum atomic E-state index is -0.339. The Labute approximate surface area is 119 Å². The fraction of sp³-hybridized carbons (Fsp3) is 0.353. The van der Waals surface area contributed by atoms with E-state index in [1.165, 1.54) is 17.8 Å². The van der Waals surface area contributed by atoms with Crippen LogP contribution in [0.5, 0.6) is 0 Å². The van der Waals surface area contributed by atoms with Crippen LogP contribution in [0.4, 0.5) is 4.39 Å². The van der Waals surface area contributed by atoms with Crippen LogP contribution < -0.4 is 5.73 Å². The Morgan fingerprint density at radius 1 is 1.15 bits per heavy atom. The van der Waals surface area contributed by atoms with Crippen molar-refractivity contribution in [2.45, 2.75) is 32.2 Å². The van der Waals surface area contributed by atoms with Gasteiger partial charge < -0.3 is 5.73 Å². The van der Waals surface area contributed by atoms with Crippen LogP contribution in [-0.4, -0.2) is 4.98 Å². The summed E-state index contributed by atoms with van der Waals surface area (Å²) in [5.74, 6) is 0.231. The summed E-state index contributed by atoms with van der Waals surface area (Å²) in [5, 5.41) is 0. The van der Waals surface area contributed by atoms with Gasteiger partial charge in [0.15, 0.2) is 0 Å². The fourth-order valence-electron chi connectivity index (χ4n) is 2.64. The molecular weight excluding hydrogens is 251 g/mol. The van der Waals surface area contributed by atoms with Crippen molar-refractivity contribution < 1.29 is 4.39 Å². The summed E-state index contributed by atoms with van der Waals surface area (Å²) in [4.78, 5) is 3.91. The van der Waals surface area contributed by atoms with Crippen LogP contribution in [0.3, 0.4) is 0 Å². The third-order valence-electron chi connectivity index (χ3n) is 3.94. The number of nitrogens with two attached hydrogens (primary N) is 1. The quantitative estimate of drug-likeness (QED) is 0.891. The van der Waals surface area contributed by atoms with Crippen LogP contribution in [0.25, 0.3) is 0 Å². The summed E-state index contributed by atoms with van der Waals surface area (Å²) in [5.41, 5.74) is 8.35. The Morgan fingerprint density at radius 2 is 1.85 bits per heavy atom. The zero-order valence-electron chi connectivity index (χ0n) is 12.0. The van der Waals surface area contributed by atoms with E-state index in [0.717, 1.165) is 12.0 Å². The van der Waals surface area contributed by atoms with Crippen molar-refractivity contribution >= 4 is 0 Å². The zero-order chi connectivity index (χ0) is 14.5. The van der Waals surface area contributed by atoms with Crippen LogP contribution in [0.15, 0.2) is 48.8 Å². The number of nitrogens with zero attached hydrogens (tertiary/aromatic N) is 1. The summed E-state index contributed by atoms with van der Waals surface area (Å²) in [6, 6.07) is 11.4. The van der Waals surface area contributed by atoms with E-state index < -0.39 is 0 Å². The fourth-order valence-corrected chi connectivity index (χ4v) is 2.64. The van der Waals surface area contributed by atoms with Gasteiger partial charge in [0.1, 0.15) is 5.82 Å². The van der Waals surface area contributed by atoms with Crippen LogP contribution in [0.2, 0.25) is 0 Å². The van der Waals surface area contributed by atoms with E-state index in [0.29, 0.717) is 5.92 Å². The highest BCUT2D eigenvalue weighted by molar-refractivity contribution is 5.27. The summed E-state index contributed by atoms with van der Waals surface area (Å²) in [6.07, 6.45) is 3.89. The van der Waals surface area contributed by atoms with Crippen molar-refractivity contribution in [3.63, 3.8) is 0 Å². The van der Waals surface area contributed by atoms with Gasteiger partial charge in [-0.3, -0.25) is 4.98 Å². The first-order valence-corrected chi connectivity index (χ1v) is 7.04. The second kappa shape index (κ2) is 6.62. The third-order valence-corrected chi connectivity index (χ3v) is 3.94. The van der Waals surface area contributed by atoms with Gasteiger partial charge in [0, 0.05) is 18.2 Å². The maximum Gasteiger partial charge on any atom is 0.141 e. The van der Waals surface area contributed by atoms with Crippen molar-refractivity contribution in [1.29, 1.82) is 0 Å².